The molecule has 1 atom stereocenters. The molecule has 0 amide bonds. The molecule has 0 fully saturated rings. The Morgan fingerprint density at radius 1 is 0.833 bits per heavy atom. The zero-order chi connectivity index (χ0) is 16.4. The molecule has 0 bridgehead atoms. The average molecular weight is 333 g/mol. The predicted octanol–water partition coefficient (Wildman–Crippen LogP) is 5.75. The molecule has 0 radical (unpaired) electrons. The molecule has 1 N–H and O–H groups in total. The van der Waals surface area contributed by atoms with E-state index in [1.54, 1.807) is 0 Å². The Hall–Kier alpha value is -2.31. The van der Waals surface area contributed by atoms with Crippen molar-refractivity contribution in [3.63, 3.8) is 0 Å². The van der Waals surface area contributed by atoms with Gasteiger partial charge in [-0.05, 0) is 35.7 Å². The number of hydrogen-bond donors (Lipinski definition) is 1. The monoisotopic (exact) mass is 333 g/mol. The Balaban J connectivity index is 1.73. The van der Waals surface area contributed by atoms with Crippen molar-refractivity contribution in [1.29, 1.82) is 0 Å². The van der Waals surface area contributed by atoms with E-state index in [1.807, 2.05) is 6.07 Å². The topological polar surface area (TPSA) is 21.3 Å². The van der Waals surface area contributed by atoms with Gasteiger partial charge in [0.2, 0.25) is 8.30 Å². The summed E-state index contributed by atoms with van der Waals surface area (Å²) in [5.41, 5.74) is 4.98. The quantitative estimate of drug-likeness (QED) is 0.614. The Morgan fingerprint density at radius 3 is 2.42 bits per heavy atom. The summed E-state index contributed by atoms with van der Waals surface area (Å²) in [6, 6.07) is 25.4. The fraction of sp³-hybridized carbons (Fsp3) is 0.143. The highest BCUT2D eigenvalue weighted by atomic mass is 31.2. The summed E-state index contributed by atoms with van der Waals surface area (Å²) < 4.78 is 6.35. The van der Waals surface area contributed by atoms with E-state index in [1.165, 1.54) is 27.7 Å². The van der Waals surface area contributed by atoms with Gasteiger partial charge in [0.1, 0.15) is 5.75 Å². The predicted molar refractivity (Wildman–Crippen MR) is 103 cm³/mol. The van der Waals surface area contributed by atoms with E-state index in [-0.39, 0.29) is 0 Å². The van der Waals surface area contributed by atoms with Gasteiger partial charge in [-0.3, -0.25) is 0 Å². The summed E-state index contributed by atoms with van der Waals surface area (Å²) in [6.45, 7) is 2.21. The minimum atomic E-state index is -0.927. The summed E-state index contributed by atoms with van der Waals surface area (Å²) in [5, 5.41) is 4.92. The van der Waals surface area contributed by atoms with Gasteiger partial charge in [0.05, 0.1) is 0 Å². The van der Waals surface area contributed by atoms with Gasteiger partial charge in [0.15, 0.2) is 0 Å². The lowest BCUT2D eigenvalue weighted by atomic mass is 10.0. The van der Waals surface area contributed by atoms with Crippen molar-refractivity contribution in [2.45, 2.75) is 19.8 Å². The van der Waals surface area contributed by atoms with Gasteiger partial charge in [-0.1, -0.05) is 67.9 Å². The molecule has 0 aliphatic carbocycles. The second-order valence-electron chi connectivity index (χ2n) is 5.92. The lowest BCUT2D eigenvalue weighted by Gasteiger charge is -2.29. The molecule has 1 unspecified atom stereocenters. The first-order valence-corrected chi connectivity index (χ1v) is 9.64. The minimum Gasteiger partial charge on any atom is -0.448 e. The SMILES string of the molecule is CCCc1ccccc1NP1Oc2ccccc2-c2ccccc21. The highest BCUT2D eigenvalue weighted by Crippen LogP contribution is 2.48. The van der Waals surface area contributed by atoms with Crippen molar-refractivity contribution >= 4 is 19.3 Å². The lowest BCUT2D eigenvalue weighted by Crippen LogP contribution is -2.18. The van der Waals surface area contributed by atoms with E-state index in [2.05, 4.69) is 78.7 Å². The molecule has 2 nitrogen and oxygen atoms in total. The first kappa shape index (κ1) is 15.2. The Labute approximate surface area is 144 Å². The molecule has 24 heavy (non-hydrogen) atoms. The summed E-state index contributed by atoms with van der Waals surface area (Å²) in [6.07, 6.45) is 2.21. The molecule has 0 spiro atoms. The lowest BCUT2D eigenvalue weighted by molar-refractivity contribution is 0.625. The molecular formula is C21H20NOP. The van der Waals surface area contributed by atoms with Crippen LogP contribution in [0.3, 0.4) is 0 Å². The smallest absolute Gasteiger partial charge is 0.223 e. The number of rotatable bonds is 4. The Morgan fingerprint density at radius 2 is 1.54 bits per heavy atom. The number of benzene rings is 3. The summed E-state index contributed by atoms with van der Waals surface area (Å²) in [4.78, 5) is 0. The minimum absolute atomic E-state index is 0.927. The van der Waals surface area contributed by atoms with Crippen molar-refractivity contribution in [2.24, 2.45) is 0 Å². The average Bonchev–Trinajstić information content (AvgIpc) is 2.64. The maximum Gasteiger partial charge on any atom is 0.223 e. The number of hydrogen-bond acceptors (Lipinski definition) is 2. The van der Waals surface area contributed by atoms with Crippen molar-refractivity contribution in [3.8, 4) is 16.9 Å². The molecule has 3 heteroatoms. The van der Waals surface area contributed by atoms with Crippen molar-refractivity contribution < 1.29 is 4.52 Å². The molecule has 1 aliphatic rings. The molecule has 3 aromatic rings. The van der Waals surface area contributed by atoms with Crippen LogP contribution in [0.2, 0.25) is 0 Å². The molecule has 3 aromatic carbocycles. The molecule has 1 heterocycles. The third-order valence-electron chi connectivity index (χ3n) is 4.25. The van der Waals surface area contributed by atoms with Gasteiger partial charge in [0, 0.05) is 16.6 Å². The molecule has 120 valence electrons. The van der Waals surface area contributed by atoms with E-state index < -0.39 is 8.30 Å². The van der Waals surface area contributed by atoms with Gasteiger partial charge in [0.25, 0.3) is 0 Å². The maximum absolute atomic E-state index is 6.35. The standard InChI is InChI=1S/C21H20NOP/c1-2-9-16-10-3-6-13-19(16)22-24-21-15-8-5-12-18(21)17-11-4-7-14-20(17)23-24/h3-8,10-15,22H,2,9H2,1H3. The van der Waals surface area contributed by atoms with Crippen LogP contribution in [0.1, 0.15) is 18.9 Å². The van der Waals surface area contributed by atoms with Crippen LogP contribution in [0.5, 0.6) is 5.75 Å². The molecule has 0 aromatic heterocycles. The second-order valence-corrected chi connectivity index (χ2v) is 7.39. The van der Waals surface area contributed by atoms with E-state index in [9.17, 15) is 0 Å². The van der Waals surface area contributed by atoms with Crippen molar-refractivity contribution in [2.75, 3.05) is 5.09 Å². The molecule has 0 saturated heterocycles. The van der Waals surface area contributed by atoms with Crippen LogP contribution in [-0.2, 0) is 6.42 Å². The molecule has 1 aliphatic heterocycles. The highest BCUT2D eigenvalue weighted by Gasteiger charge is 2.26. The number of nitrogens with one attached hydrogen (secondary N) is 1. The van der Waals surface area contributed by atoms with Crippen LogP contribution in [0.15, 0.2) is 72.8 Å². The van der Waals surface area contributed by atoms with Crippen LogP contribution in [-0.4, -0.2) is 0 Å². The van der Waals surface area contributed by atoms with E-state index in [0.717, 1.165) is 18.6 Å². The van der Waals surface area contributed by atoms with Gasteiger partial charge in [-0.25, -0.2) is 0 Å². The molecule has 0 saturated carbocycles. The van der Waals surface area contributed by atoms with E-state index in [4.69, 9.17) is 4.52 Å². The van der Waals surface area contributed by atoms with Crippen molar-refractivity contribution in [1.82, 2.24) is 0 Å². The third-order valence-corrected chi connectivity index (χ3v) is 5.90. The Bertz CT molecular complexity index is 862. The normalized spacial score (nSPS) is 15.1. The fourth-order valence-electron chi connectivity index (χ4n) is 3.10. The second kappa shape index (κ2) is 6.67. The van der Waals surface area contributed by atoms with Gasteiger partial charge in [-0.15, -0.1) is 0 Å². The maximum atomic E-state index is 6.35. The Kier molecular flexibility index (Phi) is 4.23. The van der Waals surface area contributed by atoms with Crippen LogP contribution in [0.25, 0.3) is 11.1 Å². The van der Waals surface area contributed by atoms with Crippen molar-refractivity contribution in [3.05, 3.63) is 78.4 Å². The third kappa shape index (κ3) is 2.79. The number of para-hydroxylation sites is 2. The summed E-state index contributed by atoms with van der Waals surface area (Å²) in [5.74, 6) is 0.961. The molecule has 4 rings (SSSR count). The first-order chi connectivity index (χ1) is 11.9. The van der Waals surface area contributed by atoms with E-state index in [0.29, 0.717) is 0 Å². The van der Waals surface area contributed by atoms with E-state index >= 15 is 0 Å². The molecular weight excluding hydrogens is 313 g/mol. The number of fused-ring (bicyclic) bond motifs is 3. The zero-order valence-electron chi connectivity index (χ0n) is 13.7. The van der Waals surface area contributed by atoms with Gasteiger partial charge < -0.3 is 9.61 Å². The van der Waals surface area contributed by atoms with Crippen LogP contribution >= 0.6 is 8.30 Å². The number of anilines is 1. The van der Waals surface area contributed by atoms with Crippen LogP contribution in [0.4, 0.5) is 5.69 Å². The summed E-state index contributed by atoms with van der Waals surface area (Å²) >= 11 is 0. The summed E-state index contributed by atoms with van der Waals surface area (Å²) in [7, 11) is -0.927. The fourth-order valence-corrected chi connectivity index (χ4v) is 4.80. The largest absolute Gasteiger partial charge is 0.448 e. The van der Waals surface area contributed by atoms with Crippen LogP contribution in [0, 0.1) is 0 Å². The highest BCUT2D eigenvalue weighted by molar-refractivity contribution is 7.63. The van der Waals surface area contributed by atoms with Gasteiger partial charge in [-0.2, -0.15) is 0 Å². The zero-order valence-corrected chi connectivity index (χ0v) is 14.6. The number of aryl methyl sites for hydroxylation is 1. The first-order valence-electron chi connectivity index (χ1n) is 8.38. The van der Waals surface area contributed by atoms with Gasteiger partial charge >= 0.3 is 0 Å². The van der Waals surface area contributed by atoms with Crippen LogP contribution < -0.4 is 14.9 Å².